The van der Waals surface area contributed by atoms with E-state index in [1.807, 2.05) is 18.7 Å². The van der Waals surface area contributed by atoms with Crippen molar-refractivity contribution in [3.05, 3.63) is 12.4 Å². The van der Waals surface area contributed by atoms with Crippen LogP contribution >= 0.6 is 0 Å². The molecular formula is C8H13N3O. The van der Waals surface area contributed by atoms with Crippen LogP contribution in [0.4, 0.5) is 5.95 Å². The summed E-state index contributed by atoms with van der Waals surface area (Å²) in [6, 6.07) is 0. The highest BCUT2D eigenvalue weighted by atomic mass is 16.3. The minimum Gasteiger partial charge on any atom is -0.505 e. The molecule has 1 aromatic heterocycles. The Bertz CT molecular complexity index is 231. The number of hydrogen-bond donors (Lipinski definition) is 1. The minimum absolute atomic E-state index is 0.103. The summed E-state index contributed by atoms with van der Waals surface area (Å²) in [5.74, 6) is 0.767. The molecule has 66 valence electrons. The molecule has 4 heteroatoms. The Labute approximate surface area is 71.9 Å². The van der Waals surface area contributed by atoms with Gasteiger partial charge in [0.1, 0.15) is 0 Å². The molecule has 0 fully saturated rings. The lowest BCUT2D eigenvalue weighted by Gasteiger charge is -2.17. The van der Waals surface area contributed by atoms with Crippen LogP contribution < -0.4 is 4.90 Å². The molecule has 0 aromatic carbocycles. The van der Waals surface area contributed by atoms with Crippen molar-refractivity contribution in [2.24, 2.45) is 0 Å². The quantitative estimate of drug-likeness (QED) is 0.730. The summed E-state index contributed by atoms with van der Waals surface area (Å²) < 4.78 is 0. The molecule has 12 heavy (non-hydrogen) atoms. The van der Waals surface area contributed by atoms with Crippen LogP contribution in [0.15, 0.2) is 12.4 Å². The van der Waals surface area contributed by atoms with Crippen LogP contribution in [0.5, 0.6) is 5.75 Å². The fourth-order valence-corrected chi connectivity index (χ4v) is 0.984. The number of anilines is 1. The van der Waals surface area contributed by atoms with Crippen LogP contribution in [0.2, 0.25) is 0 Å². The highest BCUT2D eigenvalue weighted by molar-refractivity contribution is 5.30. The topological polar surface area (TPSA) is 49.2 Å². The van der Waals surface area contributed by atoms with Gasteiger partial charge in [-0.15, -0.1) is 0 Å². The van der Waals surface area contributed by atoms with Gasteiger partial charge in [0, 0.05) is 13.1 Å². The molecule has 0 radical (unpaired) electrons. The van der Waals surface area contributed by atoms with Crippen molar-refractivity contribution in [2.75, 3.05) is 18.0 Å². The highest BCUT2D eigenvalue weighted by Gasteiger charge is 2.03. The molecule has 1 N–H and O–H groups in total. The Kier molecular flexibility index (Phi) is 2.85. The molecule has 4 nitrogen and oxygen atoms in total. The van der Waals surface area contributed by atoms with Crippen molar-refractivity contribution < 1.29 is 5.11 Å². The van der Waals surface area contributed by atoms with E-state index in [1.54, 1.807) is 0 Å². The number of aromatic nitrogens is 2. The third-order valence-electron chi connectivity index (χ3n) is 1.67. The standard InChI is InChI=1S/C8H13N3O/c1-3-11(4-2)8-9-5-7(12)6-10-8/h5-6,12H,3-4H2,1-2H3. The molecule has 0 amide bonds. The van der Waals surface area contributed by atoms with Crippen LogP contribution in [0.25, 0.3) is 0 Å². The lowest BCUT2D eigenvalue weighted by Crippen LogP contribution is -2.23. The molecule has 0 atom stereocenters. The summed E-state index contributed by atoms with van der Waals surface area (Å²) in [6.07, 6.45) is 2.81. The molecule has 0 saturated heterocycles. The van der Waals surface area contributed by atoms with Gasteiger partial charge in [-0.2, -0.15) is 0 Å². The molecule has 1 aromatic rings. The van der Waals surface area contributed by atoms with Crippen LogP contribution in [0.3, 0.4) is 0 Å². The van der Waals surface area contributed by atoms with Gasteiger partial charge in [0.05, 0.1) is 12.4 Å². The molecule has 0 spiro atoms. The Morgan fingerprint density at radius 1 is 1.25 bits per heavy atom. The molecule has 1 heterocycles. The molecule has 0 aliphatic rings. The summed E-state index contributed by atoms with van der Waals surface area (Å²) >= 11 is 0. The van der Waals surface area contributed by atoms with Gasteiger partial charge in [0.2, 0.25) is 5.95 Å². The summed E-state index contributed by atoms with van der Waals surface area (Å²) in [6.45, 7) is 5.84. The second-order valence-corrected chi connectivity index (χ2v) is 2.41. The smallest absolute Gasteiger partial charge is 0.225 e. The van der Waals surface area contributed by atoms with E-state index in [-0.39, 0.29) is 5.75 Å². The lowest BCUT2D eigenvalue weighted by molar-refractivity contribution is 0.469. The van der Waals surface area contributed by atoms with Gasteiger partial charge >= 0.3 is 0 Å². The van der Waals surface area contributed by atoms with Crippen LogP contribution in [-0.2, 0) is 0 Å². The van der Waals surface area contributed by atoms with Gasteiger partial charge in [-0.1, -0.05) is 0 Å². The zero-order chi connectivity index (χ0) is 8.97. The van der Waals surface area contributed by atoms with Crippen molar-refractivity contribution in [3.8, 4) is 5.75 Å². The normalized spacial score (nSPS) is 9.83. The average Bonchev–Trinajstić information content (AvgIpc) is 2.10. The van der Waals surface area contributed by atoms with E-state index in [0.717, 1.165) is 13.1 Å². The van der Waals surface area contributed by atoms with Gasteiger partial charge in [-0.3, -0.25) is 0 Å². The lowest BCUT2D eigenvalue weighted by atomic mass is 10.5. The van der Waals surface area contributed by atoms with E-state index in [9.17, 15) is 0 Å². The third kappa shape index (κ3) is 1.84. The summed E-state index contributed by atoms with van der Waals surface area (Å²) in [7, 11) is 0. The monoisotopic (exact) mass is 167 g/mol. The zero-order valence-electron chi connectivity index (χ0n) is 7.36. The molecule has 0 unspecified atom stereocenters. The Hall–Kier alpha value is -1.32. The fourth-order valence-electron chi connectivity index (χ4n) is 0.984. The Morgan fingerprint density at radius 2 is 1.75 bits per heavy atom. The first-order valence-corrected chi connectivity index (χ1v) is 4.03. The summed E-state index contributed by atoms with van der Waals surface area (Å²) in [5.41, 5.74) is 0. The van der Waals surface area contributed by atoms with E-state index in [0.29, 0.717) is 5.95 Å². The van der Waals surface area contributed by atoms with Crippen molar-refractivity contribution >= 4 is 5.95 Å². The number of hydrogen-bond acceptors (Lipinski definition) is 4. The van der Waals surface area contributed by atoms with Crippen molar-refractivity contribution in [1.29, 1.82) is 0 Å². The van der Waals surface area contributed by atoms with Gasteiger partial charge in [-0.25, -0.2) is 9.97 Å². The van der Waals surface area contributed by atoms with Gasteiger partial charge < -0.3 is 10.0 Å². The Morgan fingerprint density at radius 3 is 2.17 bits per heavy atom. The maximum Gasteiger partial charge on any atom is 0.225 e. The first-order valence-electron chi connectivity index (χ1n) is 4.03. The van der Waals surface area contributed by atoms with Gasteiger partial charge in [0.25, 0.3) is 0 Å². The highest BCUT2D eigenvalue weighted by Crippen LogP contribution is 2.09. The van der Waals surface area contributed by atoms with E-state index < -0.39 is 0 Å². The molecule has 0 aliphatic heterocycles. The largest absolute Gasteiger partial charge is 0.505 e. The number of nitrogens with zero attached hydrogens (tertiary/aromatic N) is 3. The summed E-state index contributed by atoms with van der Waals surface area (Å²) in [5, 5.41) is 8.94. The Balaban J connectivity index is 2.80. The maximum atomic E-state index is 8.94. The molecule has 0 aliphatic carbocycles. The predicted octanol–water partition coefficient (Wildman–Crippen LogP) is 1.03. The number of aromatic hydroxyl groups is 1. The summed E-state index contributed by atoms with van der Waals surface area (Å²) in [4.78, 5) is 9.98. The fraction of sp³-hybridized carbons (Fsp3) is 0.500. The van der Waals surface area contributed by atoms with Crippen molar-refractivity contribution in [3.63, 3.8) is 0 Å². The van der Waals surface area contributed by atoms with Crippen LogP contribution in [-0.4, -0.2) is 28.2 Å². The van der Waals surface area contributed by atoms with E-state index in [1.165, 1.54) is 12.4 Å². The van der Waals surface area contributed by atoms with E-state index >= 15 is 0 Å². The van der Waals surface area contributed by atoms with Crippen molar-refractivity contribution in [1.82, 2.24) is 9.97 Å². The SMILES string of the molecule is CCN(CC)c1ncc(O)cn1. The van der Waals surface area contributed by atoms with Crippen LogP contribution in [0, 0.1) is 0 Å². The second kappa shape index (κ2) is 3.90. The van der Waals surface area contributed by atoms with E-state index in [4.69, 9.17) is 5.11 Å². The molecular weight excluding hydrogens is 154 g/mol. The average molecular weight is 167 g/mol. The molecule has 1 rings (SSSR count). The second-order valence-electron chi connectivity index (χ2n) is 2.41. The minimum atomic E-state index is 0.103. The van der Waals surface area contributed by atoms with Gasteiger partial charge in [0.15, 0.2) is 5.75 Å². The first-order chi connectivity index (χ1) is 5.77. The third-order valence-corrected chi connectivity index (χ3v) is 1.67. The zero-order valence-corrected chi connectivity index (χ0v) is 7.36. The molecule has 0 bridgehead atoms. The first kappa shape index (κ1) is 8.77. The van der Waals surface area contributed by atoms with Crippen molar-refractivity contribution in [2.45, 2.75) is 13.8 Å². The number of rotatable bonds is 3. The molecule has 0 saturated carbocycles. The van der Waals surface area contributed by atoms with E-state index in [2.05, 4.69) is 9.97 Å². The maximum absolute atomic E-state index is 8.94. The van der Waals surface area contributed by atoms with Crippen LogP contribution in [0.1, 0.15) is 13.8 Å². The van der Waals surface area contributed by atoms with Gasteiger partial charge in [-0.05, 0) is 13.8 Å². The predicted molar refractivity (Wildman–Crippen MR) is 47.3 cm³/mol.